The second-order valence-corrected chi connectivity index (χ2v) is 6.98. The lowest BCUT2D eigenvalue weighted by atomic mass is 10.0. The van der Waals surface area contributed by atoms with Crippen molar-refractivity contribution < 1.29 is 14.3 Å². The van der Waals surface area contributed by atoms with Crippen molar-refractivity contribution in [3.63, 3.8) is 0 Å². The molecule has 2 aromatic carbocycles. The highest BCUT2D eigenvalue weighted by atomic mass is 35.5. The Morgan fingerprint density at radius 3 is 2.45 bits per heavy atom. The van der Waals surface area contributed by atoms with Crippen LogP contribution in [0.1, 0.15) is 35.9 Å². The molecule has 1 aromatic heterocycles. The van der Waals surface area contributed by atoms with Gasteiger partial charge in [0.05, 0.1) is 6.61 Å². The highest BCUT2D eigenvalue weighted by molar-refractivity contribution is 6.30. The number of hydrogen-bond acceptors (Lipinski definition) is 5. The minimum Gasteiger partial charge on any atom is -0.423 e. The van der Waals surface area contributed by atoms with E-state index in [1.807, 2.05) is 12.1 Å². The summed E-state index contributed by atoms with van der Waals surface area (Å²) in [6, 6.07) is 14.1. The average Bonchev–Trinajstić information content (AvgIpc) is 3.19. The topological polar surface area (TPSA) is 100 Å². The quantitative estimate of drug-likeness (QED) is 0.518. The van der Waals surface area contributed by atoms with Crippen LogP contribution in [0.4, 0.5) is 10.5 Å². The number of aliphatic hydroxyl groups is 1. The maximum absolute atomic E-state index is 12.5. The summed E-state index contributed by atoms with van der Waals surface area (Å²) in [6.07, 6.45) is 1.71. The lowest BCUT2D eigenvalue weighted by molar-refractivity contribution is 0.244. The highest BCUT2D eigenvalue weighted by Crippen LogP contribution is 2.20. The number of aryl methyl sites for hydroxylation is 1. The molecular formula is C21H23ClN4O3. The minimum atomic E-state index is -0.519. The zero-order valence-electron chi connectivity index (χ0n) is 16.1. The summed E-state index contributed by atoms with van der Waals surface area (Å²) >= 11 is 5.88. The largest absolute Gasteiger partial charge is 0.423 e. The number of aromatic nitrogens is 2. The van der Waals surface area contributed by atoms with Crippen molar-refractivity contribution in [2.24, 2.45) is 0 Å². The molecule has 0 radical (unpaired) electrons. The van der Waals surface area contributed by atoms with Gasteiger partial charge in [-0.1, -0.05) is 42.8 Å². The molecule has 29 heavy (non-hydrogen) atoms. The third-order valence-electron chi connectivity index (χ3n) is 4.38. The maximum atomic E-state index is 12.5. The molecule has 3 rings (SSSR count). The monoisotopic (exact) mass is 414 g/mol. The number of benzene rings is 2. The normalized spacial score (nSPS) is 11.8. The molecule has 3 N–H and O–H groups in total. The van der Waals surface area contributed by atoms with Crippen LogP contribution in [0, 0.1) is 0 Å². The summed E-state index contributed by atoms with van der Waals surface area (Å²) in [4.78, 5) is 12.5. The summed E-state index contributed by atoms with van der Waals surface area (Å²) in [5, 5.41) is 23.3. The molecule has 1 heterocycles. The van der Waals surface area contributed by atoms with Gasteiger partial charge in [-0.25, -0.2) is 4.79 Å². The Morgan fingerprint density at radius 1 is 1.10 bits per heavy atom. The summed E-state index contributed by atoms with van der Waals surface area (Å²) in [6.45, 7) is 2.01. The van der Waals surface area contributed by atoms with E-state index in [-0.39, 0.29) is 13.0 Å². The van der Waals surface area contributed by atoms with Crippen molar-refractivity contribution in [2.45, 2.75) is 32.2 Å². The van der Waals surface area contributed by atoms with Gasteiger partial charge in [-0.05, 0) is 41.8 Å². The van der Waals surface area contributed by atoms with E-state index in [0.717, 1.165) is 12.0 Å². The second kappa shape index (κ2) is 10.0. The van der Waals surface area contributed by atoms with Crippen LogP contribution < -0.4 is 10.6 Å². The van der Waals surface area contributed by atoms with Crippen LogP contribution in [0.15, 0.2) is 52.9 Å². The van der Waals surface area contributed by atoms with E-state index < -0.39 is 12.1 Å². The van der Waals surface area contributed by atoms with E-state index in [9.17, 15) is 4.79 Å². The molecule has 1 atom stereocenters. The Labute approximate surface area is 174 Å². The summed E-state index contributed by atoms with van der Waals surface area (Å²) < 4.78 is 5.63. The first-order chi connectivity index (χ1) is 14.1. The SMILES string of the molecule is CCc1ccc(C[C@H](NC(=O)Nc2ccc(Cl)cc2)c2nnc(CCO)o2)cc1. The van der Waals surface area contributed by atoms with Gasteiger partial charge >= 0.3 is 6.03 Å². The van der Waals surface area contributed by atoms with Crippen LogP contribution >= 0.6 is 11.6 Å². The number of carbonyl (C=O) groups excluding carboxylic acids is 1. The predicted octanol–water partition coefficient (Wildman–Crippen LogP) is 3.93. The number of rotatable bonds is 8. The van der Waals surface area contributed by atoms with E-state index in [1.165, 1.54) is 5.56 Å². The van der Waals surface area contributed by atoms with Gasteiger partial charge in [-0.15, -0.1) is 10.2 Å². The molecular weight excluding hydrogens is 392 g/mol. The first kappa shape index (κ1) is 20.8. The summed E-state index contributed by atoms with van der Waals surface area (Å²) in [5.74, 6) is 0.619. The number of urea groups is 1. The number of anilines is 1. The van der Waals surface area contributed by atoms with Gasteiger partial charge in [0.2, 0.25) is 11.8 Å². The molecule has 0 saturated carbocycles. The summed E-state index contributed by atoms with van der Waals surface area (Å²) in [5.41, 5.74) is 2.88. The first-order valence-electron chi connectivity index (χ1n) is 9.41. The van der Waals surface area contributed by atoms with E-state index >= 15 is 0 Å². The summed E-state index contributed by atoms with van der Waals surface area (Å²) in [7, 11) is 0. The number of aliphatic hydroxyl groups excluding tert-OH is 1. The van der Waals surface area contributed by atoms with Crippen molar-refractivity contribution in [1.29, 1.82) is 0 Å². The fraction of sp³-hybridized carbons (Fsp3) is 0.286. The molecule has 152 valence electrons. The van der Waals surface area contributed by atoms with Gasteiger partial charge in [0, 0.05) is 23.6 Å². The third kappa shape index (κ3) is 6.04. The maximum Gasteiger partial charge on any atom is 0.319 e. The fourth-order valence-corrected chi connectivity index (χ4v) is 2.94. The van der Waals surface area contributed by atoms with Crippen molar-refractivity contribution in [3.05, 3.63) is 76.5 Å². The molecule has 3 aromatic rings. The van der Waals surface area contributed by atoms with Gasteiger partial charge in [-0.3, -0.25) is 0 Å². The number of amides is 2. The molecule has 0 bridgehead atoms. The number of halogens is 1. The smallest absolute Gasteiger partial charge is 0.319 e. The molecule has 7 nitrogen and oxygen atoms in total. The van der Waals surface area contributed by atoms with E-state index in [2.05, 4.69) is 39.9 Å². The zero-order chi connectivity index (χ0) is 20.6. The molecule has 0 aliphatic heterocycles. The Balaban J connectivity index is 1.75. The molecule has 0 fully saturated rings. The molecule has 2 amide bonds. The van der Waals surface area contributed by atoms with Gasteiger partial charge in [0.15, 0.2) is 0 Å². The van der Waals surface area contributed by atoms with Gasteiger partial charge in [-0.2, -0.15) is 0 Å². The van der Waals surface area contributed by atoms with Crippen LogP contribution in [0.25, 0.3) is 0 Å². The lowest BCUT2D eigenvalue weighted by Crippen LogP contribution is -2.34. The van der Waals surface area contributed by atoms with E-state index in [0.29, 0.717) is 28.9 Å². The highest BCUT2D eigenvalue weighted by Gasteiger charge is 2.22. The van der Waals surface area contributed by atoms with Crippen LogP contribution in [-0.4, -0.2) is 27.9 Å². The number of nitrogens with zero attached hydrogens (tertiary/aromatic N) is 2. The Bertz CT molecular complexity index is 926. The van der Waals surface area contributed by atoms with Crippen molar-refractivity contribution in [3.8, 4) is 0 Å². The van der Waals surface area contributed by atoms with Crippen LogP contribution in [0.3, 0.4) is 0 Å². The Hall–Kier alpha value is -2.90. The van der Waals surface area contributed by atoms with Crippen molar-refractivity contribution >= 4 is 23.3 Å². The molecule has 0 spiro atoms. The van der Waals surface area contributed by atoms with Crippen molar-refractivity contribution in [1.82, 2.24) is 15.5 Å². The van der Waals surface area contributed by atoms with Gasteiger partial charge in [0.1, 0.15) is 6.04 Å². The average molecular weight is 415 g/mol. The van der Waals surface area contributed by atoms with E-state index in [1.54, 1.807) is 24.3 Å². The molecule has 0 unspecified atom stereocenters. The van der Waals surface area contributed by atoms with Crippen LogP contribution in [-0.2, 0) is 19.3 Å². The lowest BCUT2D eigenvalue weighted by Gasteiger charge is -2.16. The zero-order valence-corrected chi connectivity index (χ0v) is 16.8. The molecule has 0 aliphatic rings. The Kier molecular flexibility index (Phi) is 7.21. The fourth-order valence-electron chi connectivity index (χ4n) is 2.81. The molecule has 0 saturated heterocycles. The predicted molar refractivity (Wildman–Crippen MR) is 111 cm³/mol. The van der Waals surface area contributed by atoms with Gasteiger partial charge < -0.3 is 20.2 Å². The number of carbonyl (C=O) groups is 1. The van der Waals surface area contributed by atoms with Crippen LogP contribution in [0.5, 0.6) is 0 Å². The Morgan fingerprint density at radius 2 is 1.79 bits per heavy atom. The number of hydrogen-bond donors (Lipinski definition) is 3. The van der Waals surface area contributed by atoms with Gasteiger partial charge in [0.25, 0.3) is 0 Å². The number of nitrogens with one attached hydrogen (secondary N) is 2. The van der Waals surface area contributed by atoms with Crippen molar-refractivity contribution in [2.75, 3.05) is 11.9 Å². The first-order valence-corrected chi connectivity index (χ1v) is 9.79. The molecule has 0 aliphatic carbocycles. The van der Waals surface area contributed by atoms with Crippen LogP contribution in [0.2, 0.25) is 5.02 Å². The standard InChI is InChI=1S/C21H23ClN4O3/c1-2-14-3-5-15(6-4-14)13-18(20-26-25-19(29-20)11-12-27)24-21(28)23-17-9-7-16(22)8-10-17/h3-10,18,27H,2,11-13H2,1H3,(H2,23,24,28)/t18-/m0/s1. The third-order valence-corrected chi connectivity index (χ3v) is 4.64. The second-order valence-electron chi connectivity index (χ2n) is 6.54. The molecule has 8 heteroatoms. The van der Waals surface area contributed by atoms with E-state index in [4.69, 9.17) is 21.1 Å². The minimum absolute atomic E-state index is 0.0880.